The van der Waals surface area contributed by atoms with Crippen LogP contribution in [-0.2, 0) is 0 Å². The van der Waals surface area contributed by atoms with E-state index in [2.05, 4.69) is 15.0 Å². The molecule has 0 saturated carbocycles. The lowest BCUT2D eigenvalue weighted by molar-refractivity contribution is 0.328. The molecule has 2 heterocycles. The maximum atomic E-state index is 6.05. The van der Waals surface area contributed by atoms with Crippen LogP contribution in [0.4, 0.5) is 5.69 Å². The Kier molecular flexibility index (Phi) is 3.61. The monoisotopic (exact) mass is 322 g/mol. The Labute approximate surface area is 131 Å². The van der Waals surface area contributed by atoms with Gasteiger partial charge in [-0.1, -0.05) is 23.2 Å². The van der Waals surface area contributed by atoms with Crippen molar-refractivity contribution in [2.24, 2.45) is 0 Å². The van der Waals surface area contributed by atoms with Crippen LogP contribution in [0.3, 0.4) is 0 Å². The molecule has 5 nitrogen and oxygen atoms in total. The normalized spacial score (nSPS) is 11.0. The van der Waals surface area contributed by atoms with Crippen LogP contribution in [0.15, 0.2) is 24.3 Å². The van der Waals surface area contributed by atoms with E-state index in [0.717, 1.165) is 5.52 Å². The molecule has 0 spiro atoms. The summed E-state index contributed by atoms with van der Waals surface area (Å²) in [6, 6.07) is 6.94. The Balaban J connectivity index is 2.13. The summed E-state index contributed by atoms with van der Waals surface area (Å²) >= 11 is 12.1. The molecule has 3 aromatic rings. The minimum Gasteiger partial charge on any atom is -0.478 e. The highest BCUT2D eigenvalue weighted by atomic mass is 35.5. The molecule has 0 bridgehead atoms. The minimum atomic E-state index is 0.390. The molecular formula is C14H12Cl2N4O. The van der Waals surface area contributed by atoms with Crippen LogP contribution in [0.5, 0.6) is 5.88 Å². The van der Waals surface area contributed by atoms with Crippen molar-refractivity contribution in [3.05, 3.63) is 34.3 Å². The summed E-state index contributed by atoms with van der Waals surface area (Å²) in [5, 5.41) is 0.883. The predicted octanol–water partition coefficient (Wildman–Crippen LogP) is 3.91. The topological polar surface area (TPSA) is 76.8 Å². The maximum absolute atomic E-state index is 6.05. The van der Waals surface area contributed by atoms with Gasteiger partial charge >= 0.3 is 0 Å². The van der Waals surface area contributed by atoms with E-state index in [0.29, 0.717) is 45.3 Å². The second-order valence-corrected chi connectivity index (χ2v) is 5.23. The molecule has 0 aliphatic carbocycles. The van der Waals surface area contributed by atoms with E-state index < -0.39 is 0 Å². The van der Waals surface area contributed by atoms with Crippen molar-refractivity contribution in [3.63, 3.8) is 0 Å². The Morgan fingerprint density at radius 1 is 1.24 bits per heavy atom. The van der Waals surface area contributed by atoms with Crippen LogP contribution < -0.4 is 10.5 Å². The Morgan fingerprint density at radius 3 is 2.81 bits per heavy atom. The zero-order valence-corrected chi connectivity index (χ0v) is 12.7. The first-order valence-electron chi connectivity index (χ1n) is 6.33. The van der Waals surface area contributed by atoms with Crippen LogP contribution >= 0.6 is 23.2 Å². The Morgan fingerprint density at radius 2 is 2.05 bits per heavy atom. The number of ether oxygens (including phenoxy) is 1. The highest BCUT2D eigenvalue weighted by Gasteiger charge is 2.13. The molecule has 0 aliphatic heterocycles. The molecular weight excluding hydrogens is 311 g/mol. The van der Waals surface area contributed by atoms with Crippen molar-refractivity contribution in [2.75, 3.05) is 12.3 Å². The fraction of sp³-hybridized carbons (Fsp3) is 0.143. The van der Waals surface area contributed by atoms with Gasteiger partial charge in [-0.05, 0) is 25.1 Å². The van der Waals surface area contributed by atoms with Crippen molar-refractivity contribution in [3.8, 4) is 17.3 Å². The number of H-pyrrole nitrogens is 1. The third-order valence-corrected chi connectivity index (χ3v) is 3.49. The molecule has 1 aromatic carbocycles. The summed E-state index contributed by atoms with van der Waals surface area (Å²) in [6.45, 7) is 2.45. The number of aromatic amines is 1. The number of nitrogens with zero attached hydrogens (tertiary/aromatic N) is 2. The summed E-state index contributed by atoms with van der Waals surface area (Å²) in [5.41, 5.74) is 8.38. The van der Waals surface area contributed by atoms with E-state index in [1.807, 2.05) is 13.0 Å². The summed E-state index contributed by atoms with van der Waals surface area (Å²) in [7, 11) is 0. The largest absolute Gasteiger partial charge is 0.478 e. The van der Waals surface area contributed by atoms with Gasteiger partial charge in [-0.15, -0.1) is 0 Å². The van der Waals surface area contributed by atoms with Crippen molar-refractivity contribution in [2.45, 2.75) is 6.92 Å². The Bertz CT molecular complexity index is 816. The van der Waals surface area contributed by atoms with Crippen LogP contribution in [0.1, 0.15) is 6.92 Å². The first-order chi connectivity index (χ1) is 10.1. The second-order valence-electron chi connectivity index (χ2n) is 4.39. The first kappa shape index (κ1) is 14.0. The number of imidazole rings is 1. The van der Waals surface area contributed by atoms with Gasteiger partial charge in [0.05, 0.1) is 22.8 Å². The number of halogens is 2. The number of anilines is 1. The number of fused-ring (bicyclic) bond motifs is 1. The number of hydrogen-bond acceptors (Lipinski definition) is 4. The number of nitrogen functional groups attached to an aromatic ring is 1. The maximum Gasteiger partial charge on any atom is 0.215 e. The molecule has 0 aliphatic rings. The van der Waals surface area contributed by atoms with Gasteiger partial charge in [0.15, 0.2) is 5.65 Å². The number of nitrogens with two attached hydrogens (primary N) is 1. The van der Waals surface area contributed by atoms with Gasteiger partial charge in [-0.2, -0.15) is 4.98 Å². The van der Waals surface area contributed by atoms with Crippen LogP contribution in [0.2, 0.25) is 10.0 Å². The van der Waals surface area contributed by atoms with Gasteiger partial charge < -0.3 is 15.5 Å². The standard InChI is InChI=1S/C14H12Cl2N4O/c1-2-21-11-4-3-10-14(19-11)20-13(18-10)8-5-7(15)6-9(16)12(8)17/h3-6H,2,17H2,1H3,(H,18,19,20). The molecule has 0 radical (unpaired) electrons. The smallest absolute Gasteiger partial charge is 0.215 e. The van der Waals surface area contributed by atoms with Crippen LogP contribution in [-0.4, -0.2) is 21.6 Å². The van der Waals surface area contributed by atoms with Gasteiger partial charge in [0.25, 0.3) is 0 Å². The third-order valence-electron chi connectivity index (χ3n) is 2.96. The molecule has 21 heavy (non-hydrogen) atoms. The van der Waals surface area contributed by atoms with E-state index in [1.165, 1.54) is 0 Å². The molecule has 0 fully saturated rings. The van der Waals surface area contributed by atoms with E-state index in [-0.39, 0.29) is 0 Å². The minimum absolute atomic E-state index is 0.390. The van der Waals surface area contributed by atoms with E-state index in [4.69, 9.17) is 33.7 Å². The number of benzene rings is 1. The van der Waals surface area contributed by atoms with Crippen LogP contribution in [0, 0.1) is 0 Å². The predicted molar refractivity (Wildman–Crippen MR) is 84.9 cm³/mol. The van der Waals surface area contributed by atoms with Gasteiger partial charge in [0.2, 0.25) is 5.88 Å². The zero-order chi connectivity index (χ0) is 15.0. The SMILES string of the molecule is CCOc1ccc2[nH]c(-c3cc(Cl)cc(Cl)c3N)nc2n1. The van der Waals surface area contributed by atoms with Crippen molar-refractivity contribution in [1.82, 2.24) is 15.0 Å². The quantitative estimate of drug-likeness (QED) is 0.716. The van der Waals surface area contributed by atoms with E-state index in [1.54, 1.807) is 18.2 Å². The Hall–Kier alpha value is -1.98. The van der Waals surface area contributed by atoms with Crippen molar-refractivity contribution >= 4 is 40.1 Å². The molecule has 0 unspecified atom stereocenters. The van der Waals surface area contributed by atoms with Crippen LogP contribution in [0.25, 0.3) is 22.6 Å². The fourth-order valence-electron chi connectivity index (χ4n) is 2.01. The highest BCUT2D eigenvalue weighted by molar-refractivity contribution is 6.37. The molecule has 0 amide bonds. The average Bonchev–Trinajstić information content (AvgIpc) is 2.86. The third kappa shape index (κ3) is 2.62. The molecule has 108 valence electrons. The van der Waals surface area contributed by atoms with Crippen molar-refractivity contribution < 1.29 is 4.74 Å². The second kappa shape index (κ2) is 5.42. The number of pyridine rings is 1. The lowest BCUT2D eigenvalue weighted by Gasteiger charge is -2.05. The number of rotatable bonds is 3. The number of nitrogens with one attached hydrogen (secondary N) is 1. The van der Waals surface area contributed by atoms with Gasteiger partial charge in [0, 0.05) is 16.7 Å². The lowest BCUT2D eigenvalue weighted by atomic mass is 10.1. The van der Waals surface area contributed by atoms with Gasteiger partial charge in [-0.3, -0.25) is 0 Å². The molecule has 7 heteroatoms. The van der Waals surface area contributed by atoms with Crippen molar-refractivity contribution in [1.29, 1.82) is 0 Å². The van der Waals surface area contributed by atoms with Gasteiger partial charge in [-0.25, -0.2) is 4.98 Å². The fourth-order valence-corrected chi connectivity index (χ4v) is 2.51. The molecule has 0 atom stereocenters. The average molecular weight is 323 g/mol. The van der Waals surface area contributed by atoms with Gasteiger partial charge in [0.1, 0.15) is 5.82 Å². The summed E-state index contributed by atoms with van der Waals surface area (Å²) in [4.78, 5) is 11.9. The molecule has 0 saturated heterocycles. The molecule has 3 rings (SSSR count). The number of aromatic nitrogens is 3. The molecule has 2 aromatic heterocycles. The number of hydrogen-bond donors (Lipinski definition) is 2. The zero-order valence-electron chi connectivity index (χ0n) is 11.2. The highest BCUT2D eigenvalue weighted by Crippen LogP contribution is 2.34. The van der Waals surface area contributed by atoms with E-state index in [9.17, 15) is 0 Å². The summed E-state index contributed by atoms with van der Waals surface area (Å²) < 4.78 is 5.36. The first-order valence-corrected chi connectivity index (χ1v) is 7.08. The van der Waals surface area contributed by atoms with E-state index >= 15 is 0 Å². The summed E-state index contributed by atoms with van der Waals surface area (Å²) in [5.74, 6) is 1.09. The molecule has 3 N–H and O–H groups in total. The lowest BCUT2D eigenvalue weighted by Crippen LogP contribution is -1.94. The summed E-state index contributed by atoms with van der Waals surface area (Å²) in [6.07, 6.45) is 0.